The predicted octanol–water partition coefficient (Wildman–Crippen LogP) is -2.27. The number of thioether (sulfide) groups is 1. The molecule has 136 valence electrons. The van der Waals surface area contributed by atoms with E-state index in [1.807, 2.05) is 0 Å². The number of aliphatic hydroxyl groups excluding tert-OH is 4. The van der Waals surface area contributed by atoms with Crippen LogP contribution in [-0.4, -0.2) is 91.1 Å². The Hall–Kier alpha value is -1.24. The summed E-state index contributed by atoms with van der Waals surface area (Å²) >= 11 is 1.24. The van der Waals surface area contributed by atoms with Crippen molar-refractivity contribution in [3.63, 3.8) is 0 Å². The Bertz CT molecular complexity index is 528. The number of nitrogens with zero attached hydrogens (tertiary/aromatic N) is 3. The van der Waals surface area contributed by atoms with Crippen molar-refractivity contribution in [2.24, 2.45) is 0 Å². The van der Waals surface area contributed by atoms with Crippen LogP contribution in [0.5, 0.6) is 0 Å². The Morgan fingerprint density at radius 3 is 2.79 bits per heavy atom. The molecule has 1 aromatic heterocycles. The lowest BCUT2D eigenvalue weighted by molar-refractivity contribution is -0.178. The number of hydrogen-bond donors (Lipinski definition) is 5. The van der Waals surface area contributed by atoms with Crippen molar-refractivity contribution in [1.29, 1.82) is 0 Å². The average molecular weight is 362 g/mol. The maximum Gasteiger partial charge on any atom is 0.273 e. The van der Waals surface area contributed by atoms with Crippen LogP contribution in [0.1, 0.15) is 23.0 Å². The Morgan fingerprint density at radius 2 is 2.17 bits per heavy atom. The molecule has 0 aromatic carbocycles. The van der Waals surface area contributed by atoms with Gasteiger partial charge in [0.15, 0.2) is 5.69 Å². The lowest BCUT2D eigenvalue weighted by atomic mass is 9.97. The summed E-state index contributed by atoms with van der Waals surface area (Å²) in [5.41, 5.74) is -0.623. The number of hydrogen-bond acceptors (Lipinski definition) is 9. The van der Waals surface area contributed by atoms with E-state index in [-0.39, 0.29) is 12.3 Å². The SMILES string of the molecule is CSC1OC(CO)C(O)C(n2cc(C(=O)NCCCO)nn2)C1O. The van der Waals surface area contributed by atoms with Gasteiger partial charge in [-0.15, -0.1) is 16.9 Å². The van der Waals surface area contributed by atoms with Crippen LogP contribution in [0.4, 0.5) is 0 Å². The number of nitrogens with one attached hydrogen (secondary N) is 1. The van der Waals surface area contributed by atoms with E-state index in [4.69, 9.17) is 9.84 Å². The van der Waals surface area contributed by atoms with Gasteiger partial charge in [0.25, 0.3) is 5.91 Å². The molecular formula is C13H22N4O6S. The van der Waals surface area contributed by atoms with Gasteiger partial charge in [0, 0.05) is 13.2 Å². The molecule has 5 N–H and O–H groups in total. The maximum absolute atomic E-state index is 11.9. The summed E-state index contributed by atoms with van der Waals surface area (Å²) < 4.78 is 6.64. The number of aliphatic hydroxyl groups is 4. The van der Waals surface area contributed by atoms with Gasteiger partial charge in [-0.2, -0.15) is 0 Å². The minimum absolute atomic E-state index is 0.0279. The van der Waals surface area contributed by atoms with Gasteiger partial charge in [-0.1, -0.05) is 5.21 Å². The first-order valence-electron chi connectivity index (χ1n) is 7.49. The lowest BCUT2D eigenvalue weighted by Crippen LogP contribution is -2.54. The van der Waals surface area contributed by atoms with Gasteiger partial charge in [-0.25, -0.2) is 4.68 Å². The van der Waals surface area contributed by atoms with Gasteiger partial charge in [-0.05, 0) is 12.7 Å². The van der Waals surface area contributed by atoms with Gasteiger partial charge >= 0.3 is 0 Å². The first-order chi connectivity index (χ1) is 11.5. The first kappa shape index (κ1) is 19.1. The fourth-order valence-electron chi connectivity index (χ4n) is 2.47. The zero-order valence-corrected chi connectivity index (χ0v) is 14.0. The van der Waals surface area contributed by atoms with Gasteiger partial charge in [0.1, 0.15) is 29.8 Å². The Labute approximate surface area is 142 Å². The molecule has 2 rings (SSSR count). The third-order valence-corrected chi connectivity index (χ3v) is 4.60. The van der Waals surface area contributed by atoms with Gasteiger partial charge in [0.2, 0.25) is 0 Å². The molecule has 1 fully saturated rings. The van der Waals surface area contributed by atoms with Crippen LogP contribution in [0, 0.1) is 0 Å². The summed E-state index contributed by atoms with van der Waals surface area (Å²) in [5.74, 6) is -0.467. The van der Waals surface area contributed by atoms with Crippen molar-refractivity contribution in [2.75, 3.05) is 26.0 Å². The highest BCUT2D eigenvalue weighted by atomic mass is 32.2. The summed E-state index contributed by atoms with van der Waals surface area (Å²) in [7, 11) is 0. The van der Waals surface area contributed by atoms with Crippen molar-refractivity contribution in [1.82, 2.24) is 20.3 Å². The van der Waals surface area contributed by atoms with E-state index < -0.39 is 42.3 Å². The number of carbonyl (C=O) groups is 1. The summed E-state index contributed by atoms with van der Waals surface area (Å²) in [6.45, 7) is -0.150. The van der Waals surface area contributed by atoms with Crippen LogP contribution in [0.15, 0.2) is 6.20 Å². The molecule has 1 amide bonds. The Kier molecular flexibility index (Phi) is 6.95. The number of rotatable bonds is 7. The molecule has 0 radical (unpaired) electrons. The molecule has 0 saturated carbocycles. The highest BCUT2D eigenvalue weighted by Gasteiger charge is 2.45. The summed E-state index contributed by atoms with van der Waals surface area (Å²) in [6.07, 6.45) is 0.304. The topological polar surface area (TPSA) is 150 Å². The number of amides is 1. The molecule has 10 nitrogen and oxygen atoms in total. The molecule has 1 saturated heterocycles. The van der Waals surface area contributed by atoms with Crippen molar-refractivity contribution in [3.8, 4) is 0 Å². The summed E-state index contributed by atoms with van der Waals surface area (Å²) in [5, 5.41) is 48.9. The third-order valence-electron chi connectivity index (χ3n) is 3.75. The molecule has 5 atom stereocenters. The molecule has 5 unspecified atom stereocenters. The molecular weight excluding hydrogens is 340 g/mol. The first-order valence-corrected chi connectivity index (χ1v) is 8.78. The molecule has 0 bridgehead atoms. The fraction of sp³-hybridized carbons (Fsp3) is 0.769. The zero-order chi connectivity index (χ0) is 17.7. The van der Waals surface area contributed by atoms with Crippen molar-refractivity contribution in [2.45, 2.75) is 36.2 Å². The second-order valence-corrected chi connectivity index (χ2v) is 6.29. The smallest absolute Gasteiger partial charge is 0.273 e. The van der Waals surface area contributed by atoms with Crippen molar-refractivity contribution >= 4 is 17.7 Å². The molecule has 0 aliphatic carbocycles. The minimum atomic E-state index is -1.21. The maximum atomic E-state index is 11.9. The molecule has 11 heteroatoms. The van der Waals surface area contributed by atoms with E-state index in [0.717, 1.165) is 0 Å². The molecule has 1 aliphatic rings. The Balaban J connectivity index is 2.15. The monoisotopic (exact) mass is 362 g/mol. The largest absolute Gasteiger partial charge is 0.396 e. The second-order valence-electron chi connectivity index (χ2n) is 5.35. The number of carbonyl (C=O) groups excluding carboxylic acids is 1. The highest BCUT2D eigenvalue weighted by Crippen LogP contribution is 2.33. The van der Waals surface area contributed by atoms with Crippen LogP contribution in [0.25, 0.3) is 0 Å². The van der Waals surface area contributed by atoms with E-state index in [1.165, 1.54) is 22.6 Å². The van der Waals surface area contributed by atoms with Gasteiger partial charge in [-0.3, -0.25) is 4.79 Å². The molecule has 1 aromatic rings. The normalized spacial score (nSPS) is 30.3. The summed E-state index contributed by atoms with van der Waals surface area (Å²) in [6, 6.07) is -0.903. The number of aromatic nitrogens is 3. The zero-order valence-electron chi connectivity index (χ0n) is 13.1. The van der Waals surface area contributed by atoms with Crippen LogP contribution in [0.2, 0.25) is 0 Å². The highest BCUT2D eigenvalue weighted by molar-refractivity contribution is 7.99. The van der Waals surface area contributed by atoms with Crippen LogP contribution in [0.3, 0.4) is 0 Å². The summed E-state index contributed by atoms with van der Waals surface area (Å²) in [4.78, 5) is 11.9. The molecule has 0 spiro atoms. The molecule has 24 heavy (non-hydrogen) atoms. The van der Waals surface area contributed by atoms with E-state index in [0.29, 0.717) is 13.0 Å². The van der Waals surface area contributed by atoms with Crippen molar-refractivity contribution < 1.29 is 30.0 Å². The van der Waals surface area contributed by atoms with E-state index in [9.17, 15) is 20.1 Å². The van der Waals surface area contributed by atoms with E-state index >= 15 is 0 Å². The fourth-order valence-corrected chi connectivity index (χ4v) is 3.17. The molecule has 1 aliphatic heterocycles. The van der Waals surface area contributed by atoms with Crippen LogP contribution >= 0.6 is 11.8 Å². The van der Waals surface area contributed by atoms with E-state index in [2.05, 4.69) is 15.6 Å². The standard InChI is InChI=1S/C13H22N4O6S/c1-24-13-11(21)9(10(20)8(6-19)23-13)17-5-7(15-16-17)12(22)14-3-2-4-18/h5,8-11,13,18-21H,2-4,6H2,1H3,(H,14,22). The lowest BCUT2D eigenvalue weighted by Gasteiger charge is -2.41. The van der Waals surface area contributed by atoms with Crippen LogP contribution in [-0.2, 0) is 4.74 Å². The Morgan fingerprint density at radius 1 is 1.42 bits per heavy atom. The quantitative estimate of drug-likeness (QED) is 0.338. The van der Waals surface area contributed by atoms with E-state index in [1.54, 1.807) is 6.26 Å². The second kappa shape index (κ2) is 8.74. The average Bonchev–Trinajstić information content (AvgIpc) is 3.05. The van der Waals surface area contributed by atoms with Gasteiger partial charge < -0.3 is 30.5 Å². The minimum Gasteiger partial charge on any atom is -0.396 e. The van der Waals surface area contributed by atoms with Crippen molar-refractivity contribution in [3.05, 3.63) is 11.9 Å². The van der Waals surface area contributed by atoms with Gasteiger partial charge in [0.05, 0.1) is 12.8 Å². The van der Waals surface area contributed by atoms with Crippen LogP contribution < -0.4 is 5.32 Å². The molecule has 2 heterocycles. The third kappa shape index (κ3) is 4.05. The number of ether oxygens (including phenoxy) is 1. The predicted molar refractivity (Wildman–Crippen MR) is 84.4 cm³/mol.